The Kier molecular flexibility index (Phi) is 6.91. The van der Waals surface area contributed by atoms with Gasteiger partial charge in [0.05, 0.1) is 27.7 Å². The van der Waals surface area contributed by atoms with E-state index >= 15 is 0 Å². The summed E-state index contributed by atoms with van der Waals surface area (Å²) in [6, 6.07) is 19.4. The molecule has 0 saturated heterocycles. The fourth-order valence-electron chi connectivity index (χ4n) is 2.76. The van der Waals surface area contributed by atoms with Crippen LogP contribution in [0, 0.1) is 6.92 Å². The van der Waals surface area contributed by atoms with Gasteiger partial charge in [-0.05, 0) is 66.1 Å². The van der Waals surface area contributed by atoms with Crippen molar-refractivity contribution in [2.75, 3.05) is 4.31 Å². The third-order valence-electron chi connectivity index (χ3n) is 4.19. The molecule has 0 radical (unpaired) electrons. The molecule has 0 fully saturated rings. The molecular formula is C22H18Cl3NO2S. The number of nitrogens with zero attached hydrogens (tertiary/aromatic N) is 1. The lowest BCUT2D eigenvalue weighted by Gasteiger charge is -2.23. The summed E-state index contributed by atoms with van der Waals surface area (Å²) in [5.41, 5.74) is 2.93. The lowest BCUT2D eigenvalue weighted by atomic mass is 10.2. The molecule has 0 aromatic heterocycles. The first-order valence-electron chi connectivity index (χ1n) is 8.71. The molecule has 3 aromatic carbocycles. The molecule has 0 bridgehead atoms. The van der Waals surface area contributed by atoms with Crippen molar-refractivity contribution in [1.29, 1.82) is 0 Å². The number of sulfonamides is 1. The van der Waals surface area contributed by atoms with E-state index < -0.39 is 10.0 Å². The Balaban J connectivity index is 2.00. The molecule has 3 nitrogen and oxygen atoms in total. The molecule has 0 amide bonds. The summed E-state index contributed by atoms with van der Waals surface area (Å²) in [5, 5.41) is 2.51. The van der Waals surface area contributed by atoms with Crippen LogP contribution in [0.25, 0.3) is 6.08 Å². The van der Waals surface area contributed by atoms with Gasteiger partial charge in [-0.2, -0.15) is 0 Å². The predicted molar refractivity (Wildman–Crippen MR) is 123 cm³/mol. The fraction of sp³-hybridized carbons (Fsp3) is 0.0909. The van der Waals surface area contributed by atoms with E-state index in [4.69, 9.17) is 34.8 Å². The monoisotopic (exact) mass is 465 g/mol. The van der Waals surface area contributed by atoms with Crippen LogP contribution in [0.1, 0.15) is 16.7 Å². The van der Waals surface area contributed by atoms with E-state index in [1.165, 1.54) is 15.8 Å². The molecule has 0 aliphatic carbocycles. The van der Waals surface area contributed by atoms with Crippen molar-refractivity contribution in [2.24, 2.45) is 0 Å². The summed E-state index contributed by atoms with van der Waals surface area (Å²) >= 11 is 18.1. The van der Waals surface area contributed by atoms with Crippen LogP contribution in [0.3, 0.4) is 0 Å². The Labute approximate surface area is 186 Å². The molecule has 0 spiro atoms. The maximum absolute atomic E-state index is 13.2. The second-order valence-corrected chi connectivity index (χ2v) is 9.49. The first kappa shape index (κ1) is 21.7. The van der Waals surface area contributed by atoms with Crippen LogP contribution in [0.2, 0.25) is 15.1 Å². The molecule has 150 valence electrons. The Bertz CT molecular complexity index is 1160. The molecule has 0 unspecified atom stereocenters. The highest BCUT2D eigenvalue weighted by atomic mass is 35.5. The number of halogens is 3. The van der Waals surface area contributed by atoms with Gasteiger partial charge in [-0.3, -0.25) is 4.31 Å². The summed E-state index contributed by atoms with van der Waals surface area (Å²) in [6.45, 7) is 2.03. The molecule has 29 heavy (non-hydrogen) atoms. The number of aryl methyl sites for hydroxylation is 1. The highest BCUT2D eigenvalue weighted by Gasteiger charge is 2.21. The van der Waals surface area contributed by atoms with Crippen LogP contribution in [0.15, 0.2) is 72.1 Å². The van der Waals surface area contributed by atoms with Crippen molar-refractivity contribution in [3.05, 3.63) is 104 Å². The van der Waals surface area contributed by atoms with Gasteiger partial charge in [0.25, 0.3) is 10.0 Å². The van der Waals surface area contributed by atoms with Crippen molar-refractivity contribution >= 4 is 56.6 Å². The van der Waals surface area contributed by atoms with Crippen molar-refractivity contribution in [3.8, 4) is 0 Å². The van der Waals surface area contributed by atoms with E-state index in [-0.39, 0.29) is 6.54 Å². The topological polar surface area (TPSA) is 37.4 Å². The van der Waals surface area contributed by atoms with Crippen LogP contribution >= 0.6 is 34.8 Å². The number of rotatable bonds is 6. The van der Waals surface area contributed by atoms with Gasteiger partial charge in [-0.1, -0.05) is 65.1 Å². The molecular weight excluding hydrogens is 449 g/mol. The summed E-state index contributed by atoms with van der Waals surface area (Å²) in [4.78, 5) is 0. The Morgan fingerprint density at radius 2 is 1.66 bits per heavy atom. The number of anilines is 1. The number of hydrogen-bond donors (Lipinski definition) is 0. The third-order valence-corrected chi connectivity index (χ3v) is 6.60. The highest BCUT2D eigenvalue weighted by Crippen LogP contribution is 2.27. The maximum Gasteiger partial charge on any atom is 0.257 e. The predicted octanol–water partition coefficient (Wildman–Crippen LogP) is 6.96. The zero-order chi connectivity index (χ0) is 21.0. The minimum atomic E-state index is -3.79. The normalized spacial score (nSPS) is 11.7. The van der Waals surface area contributed by atoms with Crippen molar-refractivity contribution < 1.29 is 8.42 Å². The van der Waals surface area contributed by atoms with Gasteiger partial charge in [-0.15, -0.1) is 0 Å². The fourth-order valence-corrected chi connectivity index (χ4v) is 4.50. The van der Waals surface area contributed by atoms with Gasteiger partial charge in [0.15, 0.2) is 0 Å². The van der Waals surface area contributed by atoms with E-state index in [0.29, 0.717) is 26.3 Å². The molecule has 3 aromatic rings. The molecule has 0 aliphatic rings. The molecule has 7 heteroatoms. The zero-order valence-electron chi connectivity index (χ0n) is 15.5. The summed E-state index contributed by atoms with van der Waals surface area (Å²) in [6.07, 6.45) is 1.53. The molecule has 0 heterocycles. The van der Waals surface area contributed by atoms with E-state index in [1.54, 1.807) is 48.5 Å². The van der Waals surface area contributed by atoms with Gasteiger partial charge >= 0.3 is 0 Å². The lowest BCUT2D eigenvalue weighted by Crippen LogP contribution is -2.28. The lowest BCUT2D eigenvalue weighted by molar-refractivity contribution is 0.599. The molecule has 3 rings (SSSR count). The molecule has 0 N–H and O–H groups in total. The number of hydrogen-bond acceptors (Lipinski definition) is 2. The van der Waals surface area contributed by atoms with Crippen molar-refractivity contribution in [3.63, 3.8) is 0 Å². The Morgan fingerprint density at radius 1 is 0.897 bits per heavy atom. The minimum Gasteiger partial charge on any atom is -0.262 e. The van der Waals surface area contributed by atoms with Gasteiger partial charge in [0.2, 0.25) is 0 Å². The third kappa shape index (κ3) is 5.77. The van der Waals surface area contributed by atoms with Gasteiger partial charge in [-0.25, -0.2) is 8.42 Å². The minimum absolute atomic E-state index is 0.114. The molecule has 0 atom stereocenters. The SMILES string of the molecule is Cc1cccc(N(Cc2ccc(Cl)c(Cl)c2)S(=O)(=O)/C=C/c2cccc(Cl)c2)c1. The summed E-state index contributed by atoms with van der Waals surface area (Å²) < 4.78 is 27.7. The summed E-state index contributed by atoms with van der Waals surface area (Å²) in [5.74, 6) is 0. The van der Waals surface area contributed by atoms with E-state index in [1.807, 2.05) is 25.1 Å². The largest absolute Gasteiger partial charge is 0.262 e. The van der Waals surface area contributed by atoms with Crippen LogP contribution in [-0.4, -0.2) is 8.42 Å². The molecule has 0 saturated carbocycles. The highest BCUT2D eigenvalue weighted by molar-refractivity contribution is 7.95. The van der Waals surface area contributed by atoms with Crippen LogP contribution in [-0.2, 0) is 16.6 Å². The first-order chi connectivity index (χ1) is 13.7. The van der Waals surface area contributed by atoms with Crippen LogP contribution in [0.4, 0.5) is 5.69 Å². The van der Waals surface area contributed by atoms with E-state index in [9.17, 15) is 8.42 Å². The Hall–Kier alpha value is -1.98. The van der Waals surface area contributed by atoms with Crippen molar-refractivity contribution in [1.82, 2.24) is 0 Å². The smallest absolute Gasteiger partial charge is 0.257 e. The van der Waals surface area contributed by atoms with E-state index in [0.717, 1.165) is 11.1 Å². The first-order valence-corrected chi connectivity index (χ1v) is 11.4. The average Bonchev–Trinajstić information content (AvgIpc) is 2.67. The Morgan fingerprint density at radius 3 is 2.34 bits per heavy atom. The zero-order valence-corrected chi connectivity index (χ0v) is 18.6. The second kappa shape index (κ2) is 9.23. The maximum atomic E-state index is 13.2. The number of benzene rings is 3. The van der Waals surface area contributed by atoms with Crippen LogP contribution < -0.4 is 4.31 Å². The average molecular weight is 467 g/mol. The quantitative estimate of drug-likeness (QED) is 0.393. The van der Waals surface area contributed by atoms with Gasteiger partial charge in [0.1, 0.15) is 0 Å². The molecule has 0 aliphatic heterocycles. The second-order valence-electron chi connectivity index (χ2n) is 6.50. The van der Waals surface area contributed by atoms with Gasteiger partial charge in [0, 0.05) is 5.02 Å². The van der Waals surface area contributed by atoms with E-state index in [2.05, 4.69) is 0 Å². The summed E-state index contributed by atoms with van der Waals surface area (Å²) in [7, 11) is -3.79. The van der Waals surface area contributed by atoms with Gasteiger partial charge < -0.3 is 0 Å². The van der Waals surface area contributed by atoms with Crippen molar-refractivity contribution in [2.45, 2.75) is 13.5 Å². The standard InChI is InChI=1S/C22H18Cl3NO2S/c1-16-4-2-7-20(12-16)26(15-18-8-9-21(24)22(25)14-18)29(27,28)11-10-17-5-3-6-19(23)13-17/h2-14H,15H2,1H3/b11-10+. The van der Waals surface area contributed by atoms with Crippen LogP contribution in [0.5, 0.6) is 0 Å².